The first-order valence-electron chi connectivity index (χ1n) is 4.57. The van der Waals surface area contributed by atoms with Gasteiger partial charge in [-0.15, -0.1) is 0 Å². The first-order chi connectivity index (χ1) is 5.56. The molecular weight excluding hydrogens is 294 g/mol. The molecule has 0 aliphatic heterocycles. The van der Waals surface area contributed by atoms with E-state index in [1.165, 1.54) is 12.8 Å². The van der Waals surface area contributed by atoms with E-state index in [0.29, 0.717) is 6.42 Å². The third kappa shape index (κ3) is 15.8. The summed E-state index contributed by atoms with van der Waals surface area (Å²) in [6, 6.07) is 0. The molecule has 0 rings (SSSR count). The molecule has 0 fully saturated rings. The van der Waals surface area contributed by atoms with Crippen LogP contribution in [0.5, 0.6) is 0 Å². The van der Waals surface area contributed by atoms with E-state index in [4.69, 9.17) is 0 Å². The van der Waals surface area contributed by atoms with Crippen molar-refractivity contribution >= 4 is 31.9 Å². The van der Waals surface area contributed by atoms with Gasteiger partial charge >= 0.3 is 23.9 Å². The van der Waals surface area contributed by atoms with Crippen molar-refractivity contribution in [3.05, 3.63) is 0 Å². The molecule has 0 saturated heterocycles. The SMILES string of the molecule is CCCCCCCC[P+]([O-])([O-])[O-].[Sn+2]. The van der Waals surface area contributed by atoms with Gasteiger partial charge in [0.25, 0.3) is 0 Å². The Morgan fingerprint density at radius 1 is 0.846 bits per heavy atom. The molecule has 13 heavy (non-hydrogen) atoms. The topological polar surface area (TPSA) is 69.2 Å². The van der Waals surface area contributed by atoms with Crippen molar-refractivity contribution in [2.75, 3.05) is 6.16 Å². The Morgan fingerprint density at radius 3 is 1.77 bits per heavy atom. The van der Waals surface area contributed by atoms with Crippen LogP contribution in [-0.2, 0) is 0 Å². The molecule has 0 saturated carbocycles. The van der Waals surface area contributed by atoms with E-state index in [-0.39, 0.29) is 30.1 Å². The van der Waals surface area contributed by atoms with Crippen molar-refractivity contribution in [1.82, 2.24) is 0 Å². The monoisotopic (exact) mass is 312 g/mol. The zero-order chi connectivity index (χ0) is 9.45. The Labute approximate surface area is 98.1 Å². The van der Waals surface area contributed by atoms with Gasteiger partial charge in [-0.2, -0.15) is 7.94 Å². The number of hydrogen-bond donors (Lipinski definition) is 0. The van der Waals surface area contributed by atoms with Gasteiger partial charge in [0.15, 0.2) is 0 Å². The minimum atomic E-state index is -4.22. The van der Waals surface area contributed by atoms with Gasteiger partial charge in [-0.1, -0.05) is 32.6 Å². The molecule has 0 aliphatic rings. The average Bonchev–Trinajstić information content (AvgIpc) is 1.94. The van der Waals surface area contributed by atoms with Crippen molar-refractivity contribution < 1.29 is 14.7 Å². The third-order valence-electron chi connectivity index (χ3n) is 1.79. The number of unbranched alkanes of at least 4 members (excludes halogenated alkanes) is 5. The summed E-state index contributed by atoms with van der Waals surface area (Å²) in [6.45, 7) is 2.13. The summed E-state index contributed by atoms with van der Waals surface area (Å²) in [5, 5.41) is 0. The molecule has 0 aliphatic carbocycles. The molecule has 0 atom stereocenters. The van der Waals surface area contributed by atoms with Crippen molar-refractivity contribution in [3.63, 3.8) is 0 Å². The predicted octanol–water partition coefficient (Wildman–Crippen LogP) is -0.190. The Hall–Kier alpha value is 1.11. The van der Waals surface area contributed by atoms with E-state index >= 15 is 0 Å². The van der Waals surface area contributed by atoms with Gasteiger partial charge in [0.1, 0.15) is 0 Å². The fourth-order valence-electron chi connectivity index (χ4n) is 1.09. The molecule has 0 amide bonds. The van der Waals surface area contributed by atoms with Crippen LogP contribution >= 0.6 is 7.94 Å². The van der Waals surface area contributed by atoms with Crippen LogP contribution in [0.15, 0.2) is 0 Å². The van der Waals surface area contributed by atoms with Gasteiger partial charge in [0, 0.05) is 6.16 Å². The van der Waals surface area contributed by atoms with Gasteiger partial charge in [0.05, 0.1) is 0 Å². The minimum Gasteiger partial charge on any atom is -0.688 e. The van der Waals surface area contributed by atoms with E-state index in [9.17, 15) is 14.7 Å². The predicted molar refractivity (Wildman–Crippen MR) is 50.9 cm³/mol. The van der Waals surface area contributed by atoms with Crippen LogP contribution in [0.2, 0.25) is 0 Å². The Morgan fingerprint density at radius 2 is 1.31 bits per heavy atom. The molecule has 0 N–H and O–H groups in total. The van der Waals surface area contributed by atoms with Crippen LogP contribution < -0.4 is 14.7 Å². The molecule has 3 nitrogen and oxygen atoms in total. The fraction of sp³-hybridized carbons (Fsp3) is 1.00. The van der Waals surface area contributed by atoms with Crippen LogP contribution in [0.25, 0.3) is 0 Å². The molecule has 2 radical (unpaired) electrons. The molecule has 0 bridgehead atoms. The second kappa shape index (κ2) is 9.66. The summed E-state index contributed by atoms with van der Waals surface area (Å²) in [5.74, 6) is 0. The zero-order valence-electron chi connectivity index (χ0n) is 8.12. The van der Waals surface area contributed by atoms with Gasteiger partial charge < -0.3 is 14.7 Å². The van der Waals surface area contributed by atoms with Gasteiger partial charge in [-0.05, 0) is 12.8 Å². The summed E-state index contributed by atoms with van der Waals surface area (Å²) in [6.07, 6.45) is 5.82. The van der Waals surface area contributed by atoms with Crippen LogP contribution in [0.3, 0.4) is 0 Å². The second-order valence-electron chi connectivity index (χ2n) is 3.10. The molecule has 0 unspecified atom stereocenters. The van der Waals surface area contributed by atoms with E-state index in [2.05, 4.69) is 6.92 Å². The molecule has 0 aromatic carbocycles. The molecular formula is C8H17O3PSn. The van der Waals surface area contributed by atoms with Crippen LogP contribution in [-0.4, -0.2) is 30.1 Å². The Bertz CT molecular complexity index is 106. The quantitative estimate of drug-likeness (QED) is 0.372. The molecule has 0 aromatic heterocycles. The summed E-state index contributed by atoms with van der Waals surface area (Å²) >= 11 is 0. The van der Waals surface area contributed by atoms with Gasteiger partial charge in [0.2, 0.25) is 0 Å². The van der Waals surface area contributed by atoms with Crippen molar-refractivity contribution in [3.8, 4) is 0 Å². The van der Waals surface area contributed by atoms with Crippen LogP contribution in [0.1, 0.15) is 45.4 Å². The second-order valence-corrected chi connectivity index (χ2v) is 4.77. The standard InChI is InChI=1S/C8H19O3P.Sn/c1-2-3-4-5-6-7-8-12(9,10)11;/h2-8H2,1H3,(H2,9,10,11);/q;+2/p-2. The third-order valence-corrected chi connectivity index (χ3v) is 2.65. The normalized spacial score (nSPS) is 11.1. The fourth-order valence-corrected chi connectivity index (χ4v) is 1.70. The maximum Gasteiger partial charge on any atom is 2.00 e. The molecule has 76 valence electrons. The van der Waals surface area contributed by atoms with Crippen molar-refractivity contribution in [1.29, 1.82) is 0 Å². The van der Waals surface area contributed by atoms with E-state index in [1.54, 1.807) is 0 Å². The van der Waals surface area contributed by atoms with Crippen LogP contribution in [0, 0.1) is 0 Å². The van der Waals surface area contributed by atoms with E-state index in [0.717, 1.165) is 19.3 Å². The summed E-state index contributed by atoms with van der Waals surface area (Å²) in [7, 11) is -4.22. The van der Waals surface area contributed by atoms with E-state index in [1.807, 2.05) is 0 Å². The maximum atomic E-state index is 10.2. The molecule has 0 aromatic rings. The average molecular weight is 311 g/mol. The Kier molecular flexibility index (Phi) is 12.3. The summed E-state index contributed by atoms with van der Waals surface area (Å²) in [4.78, 5) is 30.6. The Balaban J connectivity index is 0. The molecule has 0 spiro atoms. The van der Waals surface area contributed by atoms with Crippen LogP contribution in [0.4, 0.5) is 0 Å². The smallest absolute Gasteiger partial charge is 0.688 e. The maximum absolute atomic E-state index is 10.2. The van der Waals surface area contributed by atoms with E-state index < -0.39 is 7.94 Å². The number of hydrogen-bond acceptors (Lipinski definition) is 3. The van der Waals surface area contributed by atoms with Gasteiger partial charge in [-0.3, -0.25) is 0 Å². The first kappa shape index (κ1) is 16.5. The first-order valence-corrected chi connectivity index (χ1v) is 6.30. The van der Waals surface area contributed by atoms with Gasteiger partial charge in [-0.25, -0.2) is 0 Å². The summed E-state index contributed by atoms with van der Waals surface area (Å²) < 4.78 is 0. The number of rotatable bonds is 7. The summed E-state index contributed by atoms with van der Waals surface area (Å²) in [5.41, 5.74) is 0. The van der Waals surface area contributed by atoms with Crippen molar-refractivity contribution in [2.24, 2.45) is 0 Å². The molecule has 5 heteroatoms. The zero-order valence-corrected chi connectivity index (χ0v) is 11.9. The van der Waals surface area contributed by atoms with Crippen molar-refractivity contribution in [2.45, 2.75) is 45.4 Å². The minimum absolute atomic E-state index is 0. The molecule has 0 heterocycles. The largest absolute Gasteiger partial charge is 2.00 e.